The molecule has 1 aliphatic rings. The Morgan fingerprint density at radius 1 is 1.11 bits per heavy atom. The molecule has 146 valence electrons. The largest absolute Gasteiger partial charge is 0.463 e. The van der Waals surface area contributed by atoms with E-state index in [4.69, 9.17) is 4.74 Å². The van der Waals surface area contributed by atoms with Crippen molar-refractivity contribution in [1.29, 1.82) is 0 Å². The zero-order chi connectivity index (χ0) is 19.7. The number of H-pyrrole nitrogens is 1. The van der Waals surface area contributed by atoms with Gasteiger partial charge in [0, 0.05) is 37.6 Å². The first-order valence-electron chi connectivity index (χ1n) is 9.08. The fourth-order valence-corrected chi connectivity index (χ4v) is 3.42. The number of rotatable bonds is 4. The second kappa shape index (κ2) is 7.47. The highest BCUT2D eigenvalue weighted by Crippen LogP contribution is 2.21. The van der Waals surface area contributed by atoms with E-state index >= 15 is 0 Å². The Kier molecular flexibility index (Phi) is 4.87. The van der Waals surface area contributed by atoms with E-state index in [2.05, 4.69) is 9.88 Å². The Morgan fingerprint density at radius 3 is 2.50 bits per heavy atom. The van der Waals surface area contributed by atoms with Crippen molar-refractivity contribution < 1.29 is 13.9 Å². The highest BCUT2D eigenvalue weighted by atomic mass is 19.1. The standard InChI is InChI=1S/C20H21FN4O3/c1-23-8-10-24(11-9-23)20(27)17-12-14-2-7-18(26)25(19(14)22-17)15-3-5-16(6-4-15)28-13-21/h2-7,12,22H,8-11,13H2,1H3. The summed E-state index contributed by atoms with van der Waals surface area (Å²) in [6.07, 6.45) is 0. The molecule has 0 aliphatic carbocycles. The molecule has 0 bridgehead atoms. The molecule has 0 radical (unpaired) electrons. The van der Waals surface area contributed by atoms with E-state index in [1.807, 2.05) is 11.9 Å². The lowest BCUT2D eigenvalue weighted by atomic mass is 10.2. The van der Waals surface area contributed by atoms with E-state index in [9.17, 15) is 14.0 Å². The van der Waals surface area contributed by atoms with Gasteiger partial charge < -0.3 is 19.5 Å². The minimum atomic E-state index is -0.913. The zero-order valence-corrected chi connectivity index (χ0v) is 15.5. The molecule has 3 aromatic rings. The molecule has 1 aliphatic heterocycles. The maximum Gasteiger partial charge on any atom is 0.270 e. The van der Waals surface area contributed by atoms with Crippen LogP contribution >= 0.6 is 0 Å². The highest BCUT2D eigenvalue weighted by molar-refractivity contribution is 5.97. The van der Waals surface area contributed by atoms with Crippen molar-refractivity contribution in [2.24, 2.45) is 0 Å². The smallest absolute Gasteiger partial charge is 0.270 e. The molecular formula is C20H21FN4O3. The van der Waals surface area contributed by atoms with Crippen molar-refractivity contribution in [2.75, 3.05) is 40.1 Å². The molecular weight excluding hydrogens is 363 g/mol. The van der Waals surface area contributed by atoms with Gasteiger partial charge in [0.25, 0.3) is 11.5 Å². The molecule has 1 aromatic carbocycles. The van der Waals surface area contributed by atoms with Crippen LogP contribution in [0.3, 0.4) is 0 Å². The monoisotopic (exact) mass is 384 g/mol. The first-order chi connectivity index (χ1) is 13.6. The summed E-state index contributed by atoms with van der Waals surface area (Å²) in [6, 6.07) is 11.5. The Balaban J connectivity index is 1.71. The second-order valence-corrected chi connectivity index (χ2v) is 6.84. The molecule has 3 heterocycles. The molecule has 1 N–H and O–H groups in total. The van der Waals surface area contributed by atoms with Gasteiger partial charge >= 0.3 is 0 Å². The summed E-state index contributed by atoms with van der Waals surface area (Å²) >= 11 is 0. The number of hydrogen-bond donors (Lipinski definition) is 1. The van der Waals surface area contributed by atoms with Crippen LogP contribution in [-0.4, -0.2) is 65.3 Å². The molecule has 8 heteroatoms. The number of ether oxygens (including phenoxy) is 1. The fourth-order valence-electron chi connectivity index (χ4n) is 3.42. The average Bonchev–Trinajstić information content (AvgIpc) is 3.13. The third-order valence-corrected chi connectivity index (χ3v) is 5.01. The van der Waals surface area contributed by atoms with Crippen molar-refractivity contribution in [3.63, 3.8) is 0 Å². The Labute approximate surface area is 160 Å². The van der Waals surface area contributed by atoms with Gasteiger partial charge in [0.2, 0.25) is 6.86 Å². The van der Waals surface area contributed by atoms with Gasteiger partial charge in [0.05, 0.1) is 5.69 Å². The van der Waals surface area contributed by atoms with Crippen molar-refractivity contribution >= 4 is 16.9 Å². The molecule has 2 aromatic heterocycles. The Hall–Kier alpha value is -3.13. The van der Waals surface area contributed by atoms with Crippen LogP contribution in [0.5, 0.6) is 5.75 Å². The lowest BCUT2D eigenvalue weighted by molar-refractivity contribution is 0.0659. The predicted octanol–water partition coefficient (Wildman–Crippen LogP) is 2.01. The summed E-state index contributed by atoms with van der Waals surface area (Å²) < 4.78 is 18.6. The topological polar surface area (TPSA) is 70.6 Å². The number of nitrogens with one attached hydrogen (secondary N) is 1. The molecule has 7 nitrogen and oxygen atoms in total. The van der Waals surface area contributed by atoms with Crippen LogP contribution in [0.15, 0.2) is 47.3 Å². The van der Waals surface area contributed by atoms with Gasteiger partial charge in [0.15, 0.2) is 0 Å². The highest BCUT2D eigenvalue weighted by Gasteiger charge is 2.22. The van der Waals surface area contributed by atoms with E-state index in [1.54, 1.807) is 36.4 Å². The van der Waals surface area contributed by atoms with Crippen LogP contribution in [-0.2, 0) is 0 Å². The van der Waals surface area contributed by atoms with Crippen LogP contribution in [0.4, 0.5) is 4.39 Å². The van der Waals surface area contributed by atoms with Crippen LogP contribution < -0.4 is 10.3 Å². The van der Waals surface area contributed by atoms with Crippen LogP contribution in [0.25, 0.3) is 16.7 Å². The van der Waals surface area contributed by atoms with Gasteiger partial charge in [0.1, 0.15) is 17.1 Å². The fraction of sp³-hybridized carbons (Fsp3) is 0.300. The summed E-state index contributed by atoms with van der Waals surface area (Å²) in [5.74, 6) is 0.305. The number of piperazine rings is 1. The van der Waals surface area contributed by atoms with Crippen molar-refractivity contribution in [3.8, 4) is 11.4 Å². The number of nitrogens with zero attached hydrogens (tertiary/aromatic N) is 3. The molecule has 1 fully saturated rings. The van der Waals surface area contributed by atoms with E-state index in [1.165, 1.54) is 10.6 Å². The normalized spacial score (nSPS) is 15.1. The number of carbonyl (C=O) groups is 1. The first kappa shape index (κ1) is 18.2. The lowest BCUT2D eigenvalue weighted by Crippen LogP contribution is -2.47. The van der Waals surface area contributed by atoms with E-state index < -0.39 is 6.86 Å². The zero-order valence-electron chi connectivity index (χ0n) is 15.5. The Morgan fingerprint density at radius 2 is 1.82 bits per heavy atom. The number of pyridine rings is 1. The average molecular weight is 384 g/mol. The summed E-state index contributed by atoms with van der Waals surface area (Å²) in [6.45, 7) is 2.11. The van der Waals surface area contributed by atoms with E-state index in [-0.39, 0.29) is 11.5 Å². The van der Waals surface area contributed by atoms with Gasteiger partial charge in [-0.2, -0.15) is 0 Å². The molecule has 1 saturated heterocycles. The van der Waals surface area contributed by atoms with Gasteiger partial charge in [-0.3, -0.25) is 14.2 Å². The van der Waals surface area contributed by atoms with Gasteiger partial charge in [-0.1, -0.05) is 0 Å². The lowest BCUT2D eigenvalue weighted by Gasteiger charge is -2.32. The van der Waals surface area contributed by atoms with Crippen molar-refractivity contribution in [2.45, 2.75) is 0 Å². The number of halogens is 1. The molecule has 0 atom stereocenters. The van der Waals surface area contributed by atoms with Crippen LogP contribution in [0.1, 0.15) is 10.5 Å². The number of carbonyl (C=O) groups excluding carboxylic acids is 1. The predicted molar refractivity (Wildman–Crippen MR) is 104 cm³/mol. The number of aromatic nitrogens is 2. The van der Waals surface area contributed by atoms with Crippen LogP contribution in [0.2, 0.25) is 0 Å². The van der Waals surface area contributed by atoms with E-state index in [0.29, 0.717) is 35.9 Å². The van der Waals surface area contributed by atoms with Gasteiger partial charge in [-0.25, -0.2) is 4.39 Å². The van der Waals surface area contributed by atoms with Gasteiger partial charge in [-0.15, -0.1) is 0 Å². The number of fused-ring (bicyclic) bond motifs is 1. The third-order valence-electron chi connectivity index (χ3n) is 5.01. The summed E-state index contributed by atoms with van der Waals surface area (Å²) in [5, 5.41) is 0.765. The number of benzene rings is 1. The minimum absolute atomic E-state index is 0.0741. The molecule has 4 rings (SSSR count). The quantitative estimate of drug-likeness (QED) is 0.747. The Bertz CT molecular complexity index is 1050. The minimum Gasteiger partial charge on any atom is -0.463 e. The number of aromatic amines is 1. The maximum absolute atomic E-state index is 12.9. The first-order valence-corrected chi connectivity index (χ1v) is 9.08. The second-order valence-electron chi connectivity index (χ2n) is 6.84. The van der Waals surface area contributed by atoms with Crippen molar-refractivity contribution in [3.05, 3.63) is 58.5 Å². The van der Waals surface area contributed by atoms with E-state index in [0.717, 1.165) is 18.5 Å². The summed E-state index contributed by atoms with van der Waals surface area (Å²) in [5.41, 5.74) is 1.37. The molecule has 0 spiro atoms. The van der Waals surface area contributed by atoms with Crippen molar-refractivity contribution in [1.82, 2.24) is 19.4 Å². The maximum atomic E-state index is 12.9. The molecule has 0 unspecified atom stereocenters. The third kappa shape index (κ3) is 3.38. The number of alkyl halides is 1. The number of hydrogen-bond acceptors (Lipinski definition) is 4. The SMILES string of the molecule is CN1CCN(C(=O)c2cc3ccc(=O)n(-c4ccc(OCF)cc4)c3[nH]2)CC1. The molecule has 28 heavy (non-hydrogen) atoms. The van der Waals surface area contributed by atoms with Gasteiger partial charge in [-0.05, 0) is 43.4 Å². The summed E-state index contributed by atoms with van der Waals surface area (Å²) in [4.78, 5) is 32.5. The number of likely N-dealkylation sites (N-methyl/N-ethyl adjacent to an activating group) is 1. The molecule has 1 amide bonds. The van der Waals surface area contributed by atoms with Crippen LogP contribution in [0, 0.1) is 0 Å². The summed E-state index contributed by atoms with van der Waals surface area (Å²) in [7, 11) is 2.04. The number of amides is 1. The molecule has 0 saturated carbocycles.